The quantitative estimate of drug-likeness (QED) is 0.795. The monoisotopic (exact) mass is 231 g/mol. The topological polar surface area (TPSA) is 81.9 Å². The van der Waals surface area contributed by atoms with Gasteiger partial charge >= 0.3 is 0 Å². The number of carbonyl (C=O) groups excluding carboxylic acids is 1. The molecular weight excluding hydrogens is 218 g/mol. The number of carbonyl (C=O) groups is 1. The Morgan fingerprint density at radius 2 is 2.29 bits per heavy atom. The van der Waals surface area contributed by atoms with Gasteiger partial charge < -0.3 is 10.2 Å². The van der Waals surface area contributed by atoms with Crippen LogP contribution in [0.3, 0.4) is 0 Å². The van der Waals surface area contributed by atoms with Crippen LogP contribution in [0.5, 0.6) is 0 Å². The van der Waals surface area contributed by atoms with Crippen LogP contribution in [-0.4, -0.2) is 40.4 Å². The van der Waals surface area contributed by atoms with Crippen molar-refractivity contribution in [2.75, 3.05) is 18.9 Å². The Labute approximate surface area is 99.3 Å². The molecular formula is C11H13N5O. The van der Waals surface area contributed by atoms with Crippen molar-refractivity contribution in [1.29, 1.82) is 5.26 Å². The SMILES string of the molecule is CN1CCC(Nc2nccnc2C#N)CC1=O. The summed E-state index contributed by atoms with van der Waals surface area (Å²) in [7, 11) is 1.79. The summed E-state index contributed by atoms with van der Waals surface area (Å²) in [6, 6.07) is 2.00. The summed E-state index contributed by atoms with van der Waals surface area (Å²) >= 11 is 0. The second-order valence-corrected chi connectivity index (χ2v) is 4.01. The van der Waals surface area contributed by atoms with Gasteiger partial charge in [-0.3, -0.25) is 4.79 Å². The number of aromatic nitrogens is 2. The van der Waals surface area contributed by atoms with Gasteiger partial charge in [0.15, 0.2) is 11.5 Å². The van der Waals surface area contributed by atoms with E-state index < -0.39 is 0 Å². The Morgan fingerprint density at radius 1 is 1.53 bits per heavy atom. The number of nitrogens with one attached hydrogen (secondary N) is 1. The van der Waals surface area contributed by atoms with Gasteiger partial charge in [0.05, 0.1) is 0 Å². The number of hydrogen-bond donors (Lipinski definition) is 1. The van der Waals surface area contributed by atoms with E-state index in [9.17, 15) is 4.79 Å². The number of likely N-dealkylation sites (tertiary alicyclic amines) is 1. The van der Waals surface area contributed by atoms with E-state index >= 15 is 0 Å². The van der Waals surface area contributed by atoms with E-state index in [2.05, 4.69) is 15.3 Å². The van der Waals surface area contributed by atoms with Gasteiger partial charge in [-0.25, -0.2) is 9.97 Å². The van der Waals surface area contributed by atoms with Gasteiger partial charge in [-0.15, -0.1) is 0 Å². The fourth-order valence-electron chi connectivity index (χ4n) is 1.78. The maximum absolute atomic E-state index is 11.5. The standard InChI is InChI=1S/C11H13N5O/c1-16-5-2-8(6-10(16)17)15-11-9(7-12)13-3-4-14-11/h3-4,8H,2,5-6H2,1H3,(H,14,15). The average molecular weight is 231 g/mol. The molecule has 0 radical (unpaired) electrons. The Balaban J connectivity index is 2.07. The van der Waals surface area contributed by atoms with Crippen LogP contribution in [0.4, 0.5) is 5.82 Å². The van der Waals surface area contributed by atoms with Crippen LogP contribution in [0.25, 0.3) is 0 Å². The Morgan fingerprint density at radius 3 is 3.00 bits per heavy atom. The molecule has 1 unspecified atom stereocenters. The lowest BCUT2D eigenvalue weighted by molar-refractivity contribution is -0.132. The third kappa shape index (κ3) is 2.50. The first-order chi connectivity index (χ1) is 8.20. The van der Waals surface area contributed by atoms with Crippen LogP contribution in [0, 0.1) is 11.3 Å². The molecule has 2 rings (SSSR count). The van der Waals surface area contributed by atoms with E-state index in [1.807, 2.05) is 6.07 Å². The van der Waals surface area contributed by atoms with Crippen LogP contribution >= 0.6 is 0 Å². The first-order valence-electron chi connectivity index (χ1n) is 5.42. The minimum Gasteiger partial charge on any atom is -0.364 e. The molecule has 1 aromatic heterocycles. The maximum Gasteiger partial charge on any atom is 0.224 e. The molecule has 1 fully saturated rings. The number of nitriles is 1. The molecule has 88 valence electrons. The van der Waals surface area contributed by atoms with Crippen molar-refractivity contribution in [3.05, 3.63) is 18.1 Å². The van der Waals surface area contributed by atoms with Crippen molar-refractivity contribution >= 4 is 11.7 Å². The number of hydrogen-bond acceptors (Lipinski definition) is 5. The summed E-state index contributed by atoms with van der Waals surface area (Å²) in [5, 5.41) is 12.0. The van der Waals surface area contributed by atoms with Gasteiger partial charge in [0, 0.05) is 38.4 Å². The second-order valence-electron chi connectivity index (χ2n) is 4.01. The number of anilines is 1. The Bertz CT molecular complexity index is 467. The third-order valence-electron chi connectivity index (χ3n) is 2.80. The van der Waals surface area contributed by atoms with Crippen molar-refractivity contribution in [3.63, 3.8) is 0 Å². The number of amides is 1. The van der Waals surface area contributed by atoms with Gasteiger partial charge in [0.1, 0.15) is 6.07 Å². The largest absolute Gasteiger partial charge is 0.364 e. The molecule has 0 aromatic carbocycles. The smallest absolute Gasteiger partial charge is 0.224 e. The molecule has 6 nitrogen and oxygen atoms in total. The molecule has 1 N–H and O–H groups in total. The highest BCUT2D eigenvalue weighted by Crippen LogP contribution is 2.16. The van der Waals surface area contributed by atoms with Crippen molar-refractivity contribution in [2.24, 2.45) is 0 Å². The van der Waals surface area contributed by atoms with Crippen molar-refractivity contribution < 1.29 is 4.79 Å². The predicted octanol–water partition coefficient (Wildman–Crippen LogP) is 0.381. The third-order valence-corrected chi connectivity index (χ3v) is 2.80. The second kappa shape index (κ2) is 4.78. The van der Waals surface area contributed by atoms with E-state index in [1.165, 1.54) is 12.4 Å². The van der Waals surface area contributed by atoms with E-state index in [0.29, 0.717) is 12.2 Å². The first kappa shape index (κ1) is 11.3. The van der Waals surface area contributed by atoms with Crippen LogP contribution in [-0.2, 0) is 4.79 Å². The highest BCUT2D eigenvalue weighted by Gasteiger charge is 2.24. The Kier molecular flexibility index (Phi) is 3.19. The fourth-order valence-corrected chi connectivity index (χ4v) is 1.78. The normalized spacial score (nSPS) is 19.9. The van der Waals surface area contributed by atoms with Crippen molar-refractivity contribution in [2.45, 2.75) is 18.9 Å². The molecule has 6 heteroatoms. The van der Waals surface area contributed by atoms with E-state index in [0.717, 1.165) is 13.0 Å². The molecule has 0 bridgehead atoms. The first-order valence-corrected chi connectivity index (χ1v) is 5.42. The summed E-state index contributed by atoms with van der Waals surface area (Å²) in [5.74, 6) is 0.563. The summed E-state index contributed by atoms with van der Waals surface area (Å²) in [6.45, 7) is 0.721. The van der Waals surface area contributed by atoms with E-state index in [4.69, 9.17) is 5.26 Å². The van der Waals surface area contributed by atoms with Crippen molar-refractivity contribution in [1.82, 2.24) is 14.9 Å². The van der Waals surface area contributed by atoms with Gasteiger partial charge in [0.2, 0.25) is 5.91 Å². The zero-order valence-corrected chi connectivity index (χ0v) is 9.55. The number of nitrogens with zero attached hydrogens (tertiary/aromatic N) is 4. The van der Waals surface area contributed by atoms with Crippen LogP contribution in [0.1, 0.15) is 18.5 Å². The molecule has 0 spiro atoms. The summed E-state index contributed by atoms with van der Waals surface area (Å²) in [4.78, 5) is 21.2. The minimum atomic E-state index is 0.0301. The van der Waals surface area contributed by atoms with Crippen LogP contribution in [0.2, 0.25) is 0 Å². The van der Waals surface area contributed by atoms with Crippen LogP contribution < -0.4 is 5.32 Å². The molecule has 1 aliphatic rings. The van der Waals surface area contributed by atoms with Crippen LogP contribution in [0.15, 0.2) is 12.4 Å². The molecule has 1 aliphatic heterocycles. The molecule has 1 aromatic rings. The minimum absolute atomic E-state index is 0.0301. The molecule has 1 atom stereocenters. The number of rotatable bonds is 2. The fraction of sp³-hybridized carbons (Fsp3) is 0.455. The molecule has 0 aliphatic carbocycles. The zero-order valence-electron chi connectivity index (χ0n) is 9.55. The lowest BCUT2D eigenvalue weighted by atomic mass is 10.0. The predicted molar refractivity (Wildman–Crippen MR) is 61.0 cm³/mol. The average Bonchev–Trinajstić information content (AvgIpc) is 2.34. The summed E-state index contributed by atoms with van der Waals surface area (Å²) in [5.41, 5.74) is 0.263. The lowest BCUT2D eigenvalue weighted by Gasteiger charge is -2.29. The molecule has 0 saturated carbocycles. The molecule has 1 saturated heterocycles. The maximum atomic E-state index is 11.5. The van der Waals surface area contributed by atoms with Gasteiger partial charge in [0.25, 0.3) is 0 Å². The molecule has 17 heavy (non-hydrogen) atoms. The van der Waals surface area contributed by atoms with Crippen molar-refractivity contribution in [3.8, 4) is 6.07 Å². The number of piperidine rings is 1. The molecule has 1 amide bonds. The molecule has 2 heterocycles. The summed E-state index contributed by atoms with van der Waals surface area (Å²) < 4.78 is 0. The van der Waals surface area contributed by atoms with Gasteiger partial charge in [-0.1, -0.05) is 0 Å². The zero-order chi connectivity index (χ0) is 12.3. The Hall–Kier alpha value is -2.16. The van der Waals surface area contributed by atoms with E-state index in [1.54, 1.807) is 11.9 Å². The van der Waals surface area contributed by atoms with Gasteiger partial charge in [-0.2, -0.15) is 5.26 Å². The van der Waals surface area contributed by atoms with Gasteiger partial charge in [-0.05, 0) is 6.42 Å². The lowest BCUT2D eigenvalue weighted by Crippen LogP contribution is -2.41. The van der Waals surface area contributed by atoms with E-state index in [-0.39, 0.29) is 17.6 Å². The highest BCUT2D eigenvalue weighted by atomic mass is 16.2. The highest BCUT2D eigenvalue weighted by molar-refractivity contribution is 5.77. The summed E-state index contributed by atoms with van der Waals surface area (Å²) in [6.07, 6.45) is 4.28.